The maximum atomic E-state index is 9.90. The van der Waals surface area contributed by atoms with Crippen molar-refractivity contribution in [2.24, 2.45) is 5.92 Å². The zero-order chi connectivity index (χ0) is 9.68. The summed E-state index contributed by atoms with van der Waals surface area (Å²) in [6.07, 6.45) is 7.35. The lowest BCUT2D eigenvalue weighted by molar-refractivity contribution is 0.0685. The molecule has 2 unspecified atom stereocenters. The van der Waals surface area contributed by atoms with Gasteiger partial charge in [0.25, 0.3) is 0 Å². The van der Waals surface area contributed by atoms with Crippen LogP contribution in [-0.2, 0) is 0 Å². The molecular formula is C11H23NO. The number of rotatable bonds is 2. The van der Waals surface area contributed by atoms with Crippen molar-refractivity contribution < 1.29 is 5.11 Å². The van der Waals surface area contributed by atoms with Gasteiger partial charge in [0.05, 0.1) is 6.10 Å². The second-order valence-electron chi connectivity index (χ2n) is 4.58. The third kappa shape index (κ3) is 4.10. The van der Waals surface area contributed by atoms with Gasteiger partial charge in [0, 0.05) is 6.54 Å². The average Bonchev–Trinajstić information content (AvgIpc) is 2.04. The van der Waals surface area contributed by atoms with Gasteiger partial charge in [-0.05, 0) is 32.9 Å². The van der Waals surface area contributed by atoms with E-state index < -0.39 is 0 Å². The molecule has 0 spiro atoms. The van der Waals surface area contributed by atoms with Crippen molar-refractivity contribution in [2.45, 2.75) is 44.6 Å². The predicted molar refractivity (Wildman–Crippen MR) is 55.8 cm³/mol. The minimum absolute atomic E-state index is 0.0531. The van der Waals surface area contributed by atoms with Crippen LogP contribution in [0.2, 0.25) is 0 Å². The van der Waals surface area contributed by atoms with E-state index in [4.69, 9.17) is 0 Å². The van der Waals surface area contributed by atoms with Gasteiger partial charge in [0.15, 0.2) is 0 Å². The standard InChI is InChI=1S/C11H23NO/c1-12(2)9-10-7-5-3-4-6-8-11(10)13/h10-11,13H,3-9H2,1-2H3. The van der Waals surface area contributed by atoms with Crippen molar-refractivity contribution in [1.82, 2.24) is 4.90 Å². The monoisotopic (exact) mass is 185 g/mol. The minimum Gasteiger partial charge on any atom is -0.393 e. The molecule has 1 aliphatic carbocycles. The molecule has 0 aliphatic heterocycles. The van der Waals surface area contributed by atoms with Gasteiger partial charge in [-0.25, -0.2) is 0 Å². The highest BCUT2D eigenvalue weighted by atomic mass is 16.3. The number of hydrogen-bond acceptors (Lipinski definition) is 2. The Labute approximate surface area is 81.9 Å². The van der Waals surface area contributed by atoms with Gasteiger partial charge in [-0.2, -0.15) is 0 Å². The van der Waals surface area contributed by atoms with Gasteiger partial charge in [-0.15, -0.1) is 0 Å². The van der Waals surface area contributed by atoms with E-state index in [0.29, 0.717) is 5.92 Å². The quantitative estimate of drug-likeness (QED) is 0.710. The molecule has 0 saturated heterocycles. The Balaban J connectivity index is 2.37. The number of aliphatic hydroxyl groups excluding tert-OH is 1. The molecule has 0 heterocycles. The van der Waals surface area contributed by atoms with Crippen LogP contribution in [-0.4, -0.2) is 36.8 Å². The molecule has 0 radical (unpaired) electrons. The second kappa shape index (κ2) is 5.61. The highest BCUT2D eigenvalue weighted by Gasteiger charge is 2.20. The Morgan fingerprint density at radius 1 is 1.08 bits per heavy atom. The normalized spacial score (nSPS) is 31.4. The van der Waals surface area contributed by atoms with E-state index in [1.54, 1.807) is 0 Å². The maximum Gasteiger partial charge on any atom is 0.0580 e. The van der Waals surface area contributed by atoms with Crippen molar-refractivity contribution in [1.29, 1.82) is 0 Å². The van der Waals surface area contributed by atoms with E-state index in [1.165, 1.54) is 32.1 Å². The molecule has 2 atom stereocenters. The smallest absolute Gasteiger partial charge is 0.0580 e. The van der Waals surface area contributed by atoms with Crippen LogP contribution in [0, 0.1) is 5.92 Å². The SMILES string of the molecule is CN(C)CC1CCCCCCC1O. The van der Waals surface area contributed by atoms with E-state index in [-0.39, 0.29) is 6.10 Å². The summed E-state index contributed by atoms with van der Waals surface area (Å²) in [6, 6.07) is 0. The molecule has 2 nitrogen and oxygen atoms in total. The summed E-state index contributed by atoms with van der Waals surface area (Å²) >= 11 is 0. The highest BCUT2D eigenvalue weighted by molar-refractivity contribution is 4.73. The van der Waals surface area contributed by atoms with Gasteiger partial charge < -0.3 is 10.0 Å². The van der Waals surface area contributed by atoms with Gasteiger partial charge in [-0.3, -0.25) is 0 Å². The molecule has 1 aliphatic rings. The molecule has 1 fully saturated rings. The fourth-order valence-electron chi connectivity index (χ4n) is 2.22. The van der Waals surface area contributed by atoms with E-state index in [2.05, 4.69) is 19.0 Å². The molecule has 0 bridgehead atoms. The van der Waals surface area contributed by atoms with E-state index in [9.17, 15) is 5.11 Å². The molecular weight excluding hydrogens is 162 g/mol. The zero-order valence-corrected chi connectivity index (χ0v) is 9.00. The Bertz CT molecular complexity index is 136. The molecule has 0 aromatic rings. The first kappa shape index (κ1) is 11.0. The molecule has 0 amide bonds. The average molecular weight is 185 g/mol. The lowest BCUT2D eigenvalue weighted by atomic mass is 9.88. The number of nitrogens with zero attached hydrogens (tertiary/aromatic N) is 1. The fraction of sp³-hybridized carbons (Fsp3) is 1.00. The second-order valence-corrected chi connectivity index (χ2v) is 4.58. The van der Waals surface area contributed by atoms with E-state index >= 15 is 0 Å². The van der Waals surface area contributed by atoms with Crippen LogP contribution < -0.4 is 0 Å². The molecule has 2 heteroatoms. The molecule has 78 valence electrons. The van der Waals surface area contributed by atoms with Crippen LogP contribution in [0.1, 0.15) is 38.5 Å². The summed E-state index contributed by atoms with van der Waals surface area (Å²) in [5.74, 6) is 0.510. The van der Waals surface area contributed by atoms with Crippen molar-refractivity contribution in [3.05, 3.63) is 0 Å². The Kier molecular flexibility index (Phi) is 4.74. The van der Waals surface area contributed by atoms with Crippen molar-refractivity contribution in [3.63, 3.8) is 0 Å². The zero-order valence-electron chi connectivity index (χ0n) is 9.00. The van der Waals surface area contributed by atoms with Gasteiger partial charge >= 0.3 is 0 Å². The lowest BCUT2D eigenvalue weighted by Gasteiger charge is -2.27. The van der Waals surface area contributed by atoms with Crippen LogP contribution >= 0.6 is 0 Å². The summed E-state index contributed by atoms with van der Waals surface area (Å²) in [5, 5.41) is 9.90. The summed E-state index contributed by atoms with van der Waals surface area (Å²) in [5.41, 5.74) is 0. The van der Waals surface area contributed by atoms with Crippen molar-refractivity contribution in [3.8, 4) is 0 Å². The van der Waals surface area contributed by atoms with Crippen LogP contribution in [0.5, 0.6) is 0 Å². The van der Waals surface area contributed by atoms with Crippen LogP contribution in [0.25, 0.3) is 0 Å². The first-order valence-electron chi connectivity index (χ1n) is 5.53. The largest absolute Gasteiger partial charge is 0.393 e. The fourth-order valence-corrected chi connectivity index (χ4v) is 2.22. The summed E-state index contributed by atoms with van der Waals surface area (Å²) in [4.78, 5) is 2.19. The summed E-state index contributed by atoms with van der Waals surface area (Å²) < 4.78 is 0. The Hall–Kier alpha value is -0.0800. The molecule has 1 saturated carbocycles. The Morgan fingerprint density at radius 2 is 1.69 bits per heavy atom. The summed E-state index contributed by atoms with van der Waals surface area (Å²) in [7, 11) is 4.18. The minimum atomic E-state index is -0.0531. The van der Waals surface area contributed by atoms with Crippen molar-refractivity contribution >= 4 is 0 Å². The first-order chi connectivity index (χ1) is 6.20. The Morgan fingerprint density at radius 3 is 2.31 bits per heavy atom. The van der Waals surface area contributed by atoms with E-state index in [1.807, 2.05) is 0 Å². The van der Waals surface area contributed by atoms with Gasteiger partial charge in [0.1, 0.15) is 0 Å². The number of hydrogen-bond donors (Lipinski definition) is 1. The molecule has 1 rings (SSSR count). The maximum absolute atomic E-state index is 9.90. The topological polar surface area (TPSA) is 23.5 Å². The molecule has 0 aromatic carbocycles. The van der Waals surface area contributed by atoms with Crippen LogP contribution in [0.3, 0.4) is 0 Å². The van der Waals surface area contributed by atoms with Crippen molar-refractivity contribution in [2.75, 3.05) is 20.6 Å². The third-order valence-corrected chi connectivity index (χ3v) is 2.97. The highest BCUT2D eigenvalue weighted by Crippen LogP contribution is 2.23. The number of aliphatic hydroxyl groups is 1. The molecule has 1 N–H and O–H groups in total. The lowest BCUT2D eigenvalue weighted by Crippen LogP contribution is -2.31. The van der Waals surface area contributed by atoms with E-state index in [0.717, 1.165) is 13.0 Å². The van der Waals surface area contributed by atoms with Crippen LogP contribution in [0.15, 0.2) is 0 Å². The predicted octanol–water partition coefficient (Wildman–Crippen LogP) is 1.88. The van der Waals surface area contributed by atoms with Gasteiger partial charge in [0.2, 0.25) is 0 Å². The first-order valence-corrected chi connectivity index (χ1v) is 5.53. The van der Waals surface area contributed by atoms with Crippen LogP contribution in [0.4, 0.5) is 0 Å². The summed E-state index contributed by atoms with van der Waals surface area (Å²) in [6.45, 7) is 1.04. The molecule has 13 heavy (non-hydrogen) atoms. The third-order valence-electron chi connectivity index (χ3n) is 2.97. The molecule has 0 aromatic heterocycles. The van der Waals surface area contributed by atoms with Gasteiger partial charge in [-0.1, -0.05) is 25.7 Å².